The lowest BCUT2D eigenvalue weighted by molar-refractivity contribution is -0.385. The fraction of sp³-hybridized carbons (Fsp3) is 0.500. The number of phenols is 1. The van der Waals surface area contributed by atoms with Crippen molar-refractivity contribution in [2.75, 3.05) is 0 Å². The zero-order valence-corrected chi connectivity index (χ0v) is 12.0. The summed E-state index contributed by atoms with van der Waals surface area (Å²) in [5, 5.41) is 22.6. The predicted octanol–water partition coefficient (Wildman–Crippen LogP) is 3.15. The van der Waals surface area contributed by atoms with Gasteiger partial charge in [-0.25, -0.2) is 0 Å². The fourth-order valence-corrected chi connectivity index (χ4v) is 2.71. The van der Waals surface area contributed by atoms with Crippen molar-refractivity contribution in [1.82, 2.24) is 5.32 Å². The molecule has 1 aromatic carbocycles. The lowest BCUT2D eigenvalue weighted by Gasteiger charge is -2.31. The Bertz CT molecular complexity index is 619. The van der Waals surface area contributed by atoms with Crippen LogP contribution in [0.15, 0.2) is 18.2 Å². The van der Waals surface area contributed by atoms with Crippen LogP contribution < -0.4 is 5.32 Å². The number of hydrogen-bond donors (Lipinski definition) is 2. The van der Waals surface area contributed by atoms with E-state index in [0.717, 1.165) is 18.2 Å². The first-order valence-electron chi connectivity index (χ1n) is 7.03. The molecule has 0 spiro atoms. The minimum Gasteiger partial charge on any atom is -0.502 e. The molecule has 2 atom stereocenters. The van der Waals surface area contributed by atoms with Crippen LogP contribution >= 0.6 is 0 Å². The second-order valence-electron chi connectivity index (χ2n) is 5.54. The number of hydrogen-bond acceptors (Lipinski definition) is 4. The van der Waals surface area contributed by atoms with Gasteiger partial charge in [-0.3, -0.25) is 14.9 Å². The first kappa shape index (κ1) is 17.0. The van der Waals surface area contributed by atoms with Crippen molar-refractivity contribution >= 4 is 11.6 Å². The van der Waals surface area contributed by atoms with E-state index in [4.69, 9.17) is 0 Å². The van der Waals surface area contributed by atoms with Gasteiger partial charge in [0.15, 0.2) is 5.75 Å². The fourth-order valence-electron chi connectivity index (χ4n) is 2.71. The van der Waals surface area contributed by atoms with Crippen LogP contribution in [0.2, 0.25) is 0 Å². The zero-order chi connectivity index (χ0) is 17.2. The Morgan fingerprint density at radius 2 is 2.04 bits per heavy atom. The molecule has 0 saturated heterocycles. The molecular weight excluding hydrogens is 317 g/mol. The molecule has 1 saturated carbocycles. The number of nitro groups is 1. The summed E-state index contributed by atoms with van der Waals surface area (Å²) in [5.41, 5.74) is -0.585. The van der Waals surface area contributed by atoms with E-state index in [1.54, 1.807) is 0 Å². The first-order chi connectivity index (χ1) is 10.7. The van der Waals surface area contributed by atoms with E-state index in [1.807, 2.05) is 0 Å². The number of nitro benzene ring substituents is 1. The average molecular weight is 332 g/mol. The van der Waals surface area contributed by atoms with Gasteiger partial charge in [0.2, 0.25) is 0 Å². The molecular formula is C14H15F3N2O4. The maximum atomic E-state index is 12.7. The molecule has 0 radical (unpaired) electrons. The van der Waals surface area contributed by atoms with Crippen molar-refractivity contribution < 1.29 is 28.0 Å². The standard InChI is InChI=1S/C14H15F3N2O4/c15-14(16,17)9-2-1-3-10(7-9)18-13(21)8-4-5-11(19(22)23)12(20)6-8/h4-6,9-10,20H,1-3,7H2,(H,18,21). The highest BCUT2D eigenvalue weighted by Gasteiger charge is 2.42. The van der Waals surface area contributed by atoms with E-state index in [-0.39, 0.29) is 18.4 Å². The third kappa shape index (κ3) is 4.11. The summed E-state index contributed by atoms with van der Waals surface area (Å²) in [7, 11) is 0. The topological polar surface area (TPSA) is 92.5 Å². The van der Waals surface area contributed by atoms with Gasteiger partial charge in [0.1, 0.15) is 0 Å². The van der Waals surface area contributed by atoms with Crippen molar-refractivity contribution in [3.8, 4) is 5.75 Å². The van der Waals surface area contributed by atoms with Crippen LogP contribution in [0.4, 0.5) is 18.9 Å². The summed E-state index contributed by atoms with van der Waals surface area (Å²) in [6.07, 6.45) is -3.62. The number of rotatable bonds is 3. The number of alkyl halides is 3. The highest BCUT2D eigenvalue weighted by molar-refractivity contribution is 5.95. The Morgan fingerprint density at radius 3 is 2.61 bits per heavy atom. The number of aromatic hydroxyl groups is 1. The van der Waals surface area contributed by atoms with Gasteiger partial charge in [0.25, 0.3) is 5.91 Å². The molecule has 126 valence electrons. The van der Waals surface area contributed by atoms with Gasteiger partial charge in [-0.1, -0.05) is 6.42 Å². The summed E-state index contributed by atoms with van der Waals surface area (Å²) < 4.78 is 38.2. The highest BCUT2D eigenvalue weighted by Crippen LogP contribution is 2.37. The number of halogens is 3. The molecule has 2 rings (SSSR count). The molecule has 0 bridgehead atoms. The van der Waals surface area contributed by atoms with E-state index in [0.29, 0.717) is 12.8 Å². The van der Waals surface area contributed by atoms with Gasteiger partial charge in [-0.05, 0) is 31.4 Å². The Morgan fingerprint density at radius 1 is 1.35 bits per heavy atom. The number of phenolic OH excluding ortho intramolecular Hbond substituents is 1. The Labute approximate surface area is 129 Å². The van der Waals surface area contributed by atoms with Crippen LogP contribution in [0, 0.1) is 16.0 Å². The molecule has 0 aliphatic heterocycles. The molecule has 0 heterocycles. The minimum atomic E-state index is -4.28. The maximum Gasteiger partial charge on any atom is 0.391 e. The van der Waals surface area contributed by atoms with E-state index in [1.165, 1.54) is 0 Å². The maximum absolute atomic E-state index is 12.7. The molecule has 6 nitrogen and oxygen atoms in total. The van der Waals surface area contributed by atoms with Crippen LogP contribution in [-0.2, 0) is 0 Å². The van der Waals surface area contributed by atoms with E-state index in [9.17, 15) is 33.2 Å². The number of amides is 1. The third-order valence-electron chi connectivity index (χ3n) is 3.91. The van der Waals surface area contributed by atoms with Crippen molar-refractivity contribution in [2.45, 2.75) is 37.9 Å². The summed E-state index contributed by atoms with van der Waals surface area (Å²) in [6.45, 7) is 0. The van der Waals surface area contributed by atoms with Crippen LogP contribution in [-0.4, -0.2) is 28.2 Å². The van der Waals surface area contributed by atoms with Crippen LogP contribution in [0.1, 0.15) is 36.0 Å². The van der Waals surface area contributed by atoms with Crippen molar-refractivity contribution in [3.05, 3.63) is 33.9 Å². The normalized spacial score (nSPS) is 21.7. The number of nitrogens with one attached hydrogen (secondary N) is 1. The molecule has 2 N–H and O–H groups in total. The van der Waals surface area contributed by atoms with Crippen LogP contribution in [0.5, 0.6) is 5.75 Å². The first-order valence-corrected chi connectivity index (χ1v) is 7.03. The quantitative estimate of drug-likeness (QED) is 0.657. The monoisotopic (exact) mass is 332 g/mol. The second kappa shape index (κ2) is 6.43. The summed E-state index contributed by atoms with van der Waals surface area (Å²) in [4.78, 5) is 21.8. The van der Waals surface area contributed by atoms with Gasteiger partial charge in [-0.15, -0.1) is 0 Å². The second-order valence-corrected chi connectivity index (χ2v) is 5.54. The average Bonchev–Trinajstić information content (AvgIpc) is 2.46. The zero-order valence-electron chi connectivity index (χ0n) is 12.0. The number of benzene rings is 1. The van der Waals surface area contributed by atoms with E-state index in [2.05, 4.69) is 5.32 Å². The third-order valence-corrected chi connectivity index (χ3v) is 3.91. The van der Waals surface area contributed by atoms with Crippen LogP contribution in [0.25, 0.3) is 0 Å². The molecule has 23 heavy (non-hydrogen) atoms. The highest BCUT2D eigenvalue weighted by atomic mass is 19.4. The molecule has 0 aromatic heterocycles. The summed E-state index contributed by atoms with van der Waals surface area (Å²) >= 11 is 0. The predicted molar refractivity (Wildman–Crippen MR) is 74.0 cm³/mol. The van der Waals surface area contributed by atoms with Gasteiger partial charge in [-0.2, -0.15) is 13.2 Å². The largest absolute Gasteiger partial charge is 0.502 e. The Kier molecular flexibility index (Phi) is 4.76. The van der Waals surface area contributed by atoms with Gasteiger partial charge >= 0.3 is 11.9 Å². The van der Waals surface area contributed by atoms with Gasteiger partial charge in [0, 0.05) is 17.7 Å². The molecule has 2 unspecified atom stereocenters. The smallest absolute Gasteiger partial charge is 0.391 e. The van der Waals surface area contributed by atoms with Gasteiger partial charge < -0.3 is 10.4 Å². The van der Waals surface area contributed by atoms with Gasteiger partial charge in [0.05, 0.1) is 10.8 Å². The molecule has 1 aromatic rings. The molecule has 1 amide bonds. The summed E-state index contributed by atoms with van der Waals surface area (Å²) in [5.74, 6) is -2.77. The molecule has 1 aliphatic rings. The van der Waals surface area contributed by atoms with Crippen LogP contribution in [0.3, 0.4) is 0 Å². The van der Waals surface area contributed by atoms with E-state index >= 15 is 0 Å². The summed E-state index contributed by atoms with van der Waals surface area (Å²) in [6, 6.07) is 2.44. The lowest BCUT2D eigenvalue weighted by atomic mass is 9.85. The number of carbonyl (C=O) groups excluding carboxylic acids is 1. The number of nitrogens with zero attached hydrogens (tertiary/aromatic N) is 1. The molecule has 1 aliphatic carbocycles. The Hall–Kier alpha value is -2.32. The van der Waals surface area contributed by atoms with Crippen molar-refractivity contribution in [2.24, 2.45) is 5.92 Å². The van der Waals surface area contributed by atoms with E-state index < -0.39 is 40.4 Å². The Balaban J connectivity index is 2.04. The van der Waals surface area contributed by atoms with Crippen molar-refractivity contribution in [3.63, 3.8) is 0 Å². The SMILES string of the molecule is O=C(NC1CCCC(C(F)(F)F)C1)c1ccc([N+](=O)[O-])c(O)c1. The minimum absolute atomic E-state index is 0.0396. The lowest BCUT2D eigenvalue weighted by Crippen LogP contribution is -2.41. The van der Waals surface area contributed by atoms with Crippen molar-refractivity contribution in [1.29, 1.82) is 0 Å². The molecule has 9 heteroatoms. The molecule has 1 fully saturated rings. The number of carbonyl (C=O) groups is 1.